The lowest BCUT2D eigenvalue weighted by Gasteiger charge is -2.41. The van der Waals surface area contributed by atoms with Crippen LogP contribution in [0.2, 0.25) is 0 Å². The van der Waals surface area contributed by atoms with E-state index in [0.717, 1.165) is 23.4 Å². The molecule has 0 saturated carbocycles. The minimum atomic E-state index is -0.534. The molecule has 0 unspecified atom stereocenters. The Bertz CT molecular complexity index is 1080. The lowest BCUT2D eigenvalue weighted by Crippen LogP contribution is -2.53. The number of carbonyl (C=O) groups excluding carboxylic acids is 2. The molecule has 2 amide bonds. The molecule has 1 aliphatic heterocycles. The number of aromatic nitrogens is 1. The Morgan fingerprint density at radius 1 is 1.06 bits per heavy atom. The van der Waals surface area contributed by atoms with E-state index in [1.807, 2.05) is 43.9 Å². The molecular weight excluding hydrogens is 390 g/mol. The van der Waals surface area contributed by atoms with Crippen molar-refractivity contribution in [3.63, 3.8) is 0 Å². The zero-order valence-corrected chi connectivity index (χ0v) is 18.5. The van der Waals surface area contributed by atoms with Crippen molar-refractivity contribution in [1.82, 2.24) is 14.4 Å². The Morgan fingerprint density at radius 3 is 2.52 bits per heavy atom. The molecule has 162 valence electrons. The van der Waals surface area contributed by atoms with E-state index >= 15 is 0 Å². The summed E-state index contributed by atoms with van der Waals surface area (Å²) >= 11 is 0. The van der Waals surface area contributed by atoms with Gasteiger partial charge in [0.2, 0.25) is 5.91 Å². The first-order valence-electron chi connectivity index (χ1n) is 10.6. The summed E-state index contributed by atoms with van der Waals surface area (Å²) in [6.45, 7) is 9.18. The van der Waals surface area contributed by atoms with Crippen molar-refractivity contribution in [3.05, 3.63) is 83.6 Å². The number of aryl methyl sites for hydroxylation is 1. The fourth-order valence-corrected chi connectivity index (χ4v) is 4.25. The Labute approximate surface area is 183 Å². The minimum Gasteiger partial charge on any atom is -0.459 e. The second-order valence-corrected chi connectivity index (χ2v) is 9.01. The standard InChI is InChI=1S/C25H29N3O3/c1-18-9-5-6-10-19(18)23-20-11-7-13-26(20)14-15-27(23)22(29)17-28(25(2,3)4)24(30)21-12-8-16-31-21/h5-13,16,23H,14-15,17H2,1-4H3/t23-/m1/s1. The van der Waals surface area contributed by atoms with Gasteiger partial charge < -0.3 is 18.8 Å². The quantitative estimate of drug-likeness (QED) is 0.635. The molecule has 0 bridgehead atoms. The van der Waals surface area contributed by atoms with E-state index < -0.39 is 5.54 Å². The van der Waals surface area contributed by atoms with Crippen LogP contribution in [0.5, 0.6) is 0 Å². The second-order valence-electron chi connectivity index (χ2n) is 9.01. The van der Waals surface area contributed by atoms with Gasteiger partial charge in [0.15, 0.2) is 5.76 Å². The van der Waals surface area contributed by atoms with Gasteiger partial charge in [-0.05, 0) is 63.1 Å². The number of hydrogen-bond donors (Lipinski definition) is 0. The summed E-state index contributed by atoms with van der Waals surface area (Å²) in [7, 11) is 0. The highest BCUT2D eigenvalue weighted by molar-refractivity contribution is 5.95. The number of carbonyl (C=O) groups is 2. The van der Waals surface area contributed by atoms with Crippen molar-refractivity contribution < 1.29 is 14.0 Å². The molecule has 1 aromatic carbocycles. The van der Waals surface area contributed by atoms with Crippen LogP contribution in [0.1, 0.15) is 54.2 Å². The van der Waals surface area contributed by atoms with Crippen LogP contribution in [0.25, 0.3) is 0 Å². The van der Waals surface area contributed by atoms with Crippen LogP contribution in [0, 0.1) is 6.92 Å². The average molecular weight is 420 g/mol. The van der Waals surface area contributed by atoms with Crippen LogP contribution in [0.4, 0.5) is 0 Å². The van der Waals surface area contributed by atoms with E-state index in [-0.39, 0.29) is 30.2 Å². The van der Waals surface area contributed by atoms with E-state index in [2.05, 4.69) is 35.9 Å². The molecule has 2 aromatic heterocycles. The van der Waals surface area contributed by atoms with Crippen LogP contribution in [-0.4, -0.2) is 44.8 Å². The maximum Gasteiger partial charge on any atom is 0.290 e. The monoisotopic (exact) mass is 419 g/mol. The summed E-state index contributed by atoms with van der Waals surface area (Å²) in [5.41, 5.74) is 2.80. The molecule has 0 spiro atoms. The van der Waals surface area contributed by atoms with E-state index in [4.69, 9.17) is 4.42 Å². The van der Waals surface area contributed by atoms with Crippen LogP contribution >= 0.6 is 0 Å². The van der Waals surface area contributed by atoms with Crippen molar-refractivity contribution in [3.8, 4) is 0 Å². The smallest absolute Gasteiger partial charge is 0.290 e. The van der Waals surface area contributed by atoms with Gasteiger partial charge in [0.25, 0.3) is 5.91 Å². The fraction of sp³-hybridized carbons (Fsp3) is 0.360. The first-order valence-corrected chi connectivity index (χ1v) is 10.6. The normalized spacial score (nSPS) is 16.1. The Hall–Kier alpha value is -3.28. The molecule has 6 nitrogen and oxygen atoms in total. The third-order valence-electron chi connectivity index (χ3n) is 5.92. The lowest BCUT2D eigenvalue weighted by molar-refractivity contribution is -0.135. The number of furan rings is 1. The summed E-state index contributed by atoms with van der Waals surface area (Å²) < 4.78 is 7.53. The number of fused-ring (bicyclic) bond motifs is 1. The molecule has 1 aliphatic rings. The summed E-state index contributed by atoms with van der Waals surface area (Å²) in [5, 5.41) is 0. The van der Waals surface area contributed by atoms with Crippen molar-refractivity contribution in [2.45, 2.75) is 45.8 Å². The number of hydrogen-bond acceptors (Lipinski definition) is 3. The van der Waals surface area contributed by atoms with E-state index in [9.17, 15) is 9.59 Å². The minimum absolute atomic E-state index is 0.00781. The largest absolute Gasteiger partial charge is 0.459 e. The Kier molecular flexibility index (Phi) is 5.48. The molecular formula is C25H29N3O3. The topological polar surface area (TPSA) is 58.7 Å². The molecule has 3 aromatic rings. The van der Waals surface area contributed by atoms with Gasteiger partial charge in [0.1, 0.15) is 6.54 Å². The third kappa shape index (κ3) is 4.02. The van der Waals surface area contributed by atoms with E-state index in [1.54, 1.807) is 17.0 Å². The van der Waals surface area contributed by atoms with Gasteiger partial charge in [-0.15, -0.1) is 0 Å². The van der Waals surface area contributed by atoms with E-state index in [1.165, 1.54) is 6.26 Å². The van der Waals surface area contributed by atoms with Crippen molar-refractivity contribution in [2.75, 3.05) is 13.1 Å². The Balaban J connectivity index is 1.67. The van der Waals surface area contributed by atoms with Crippen molar-refractivity contribution in [1.29, 1.82) is 0 Å². The maximum absolute atomic E-state index is 13.6. The summed E-state index contributed by atoms with van der Waals surface area (Å²) in [6, 6.07) is 15.4. The first kappa shape index (κ1) is 21.0. The molecule has 0 fully saturated rings. The number of rotatable bonds is 4. The third-order valence-corrected chi connectivity index (χ3v) is 5.92. The molecule has 6 heteroatoms. The second kappa shape index (κ2) is 8.10. The first-order chi connectivity index (χ1) is 14.8. The SMILES string of the molecule is Cc1ccccc1[C@@H]1c2cccn2CCN1C(=O)CN(C(=O)c1ccco1)C(C)(C)C. The number of benzene rings is 1. The summed E-state index contributed by atoms with van der Waals surface area (Å²) in [4.78, 5) is 30.2. The molecule has 0 saturated heterocycles. The predicted molar refractivity (Wildman–Crippen MR) is 119 cm³/mol. The zero-order chi connectivity index (χ0) is 22.2. The average Bonchev–Trinajstić information content (AvgIpc) is 3.42. The number of amides is 2. The van der Waals surface area contributed by atoms with Crippen molar-refractivity contribution >= 4 is 11.8 Å². The van der Waals surface area contributed by atoms with Crippen LogP contribution < -0.4 is 0 Å². The molecule has 1 atom stereocenters. The van der Waals surface area contributed by atoms with Gasteiger partial charge in [-0.2, -0.15) is 0 Å². The van der Waals surface area contributed by atoms with Gasteiger partial charge >= 0.3 is 0 Å². The van der Waals surface area contributed by atoms with Crippen LogP contribution in [0.15, 0.2) is 65.4 Å². The van der Waals surface area contributed by atoms with Gasteiger partial charge in [0, 0.05) is 30.5 Å². The highest BCUT2D eigenvalue weighted by Gasteiger charge is 2.37. The predicted octanol–water partition coefficient (Wildman–Crippen LogP) is 4.26. The highest BCUT2D eigenvalue weighted by atomic mass is 16.3. The Morgan fingerprint density at radius 2 is 1.84 bits per heavy atom. The fourth-order valence-electron chi connectivity index (χ4n) is 4.25. The van der Waals surface area contributed by atoms with Crippen LogP contribution in [0.3, 0.4) is 0 Å². The molecule has 4 rings (SSSR count). The van der Waals surface area contributed by atoms with Gasteiger partial charge in [-0.3, -0.25) is 9.59 Å². The van der Waals surface area contributed by atoms with E-state index in [0.29, 0.717) is 6.54 Å². The zero-order valence-electron chi connectivity index (χ0n) is 18.5. The highest BCUT2D eigenvalue weighted by Crippen LogP contribution is 2.34. The van der Waals surface area contributed by atoms with Gasteiger partial charge in [0.05, 0.1) is 12.3 Å². The summed E-state index contributed by atoms with van der Waals surface area (Å²) in [6.07, 6.45) is 3.53. The van der Waals surface area contributed by atoms with Crippen LogP contribution in [-0.2, 0) is 11.3 Å². The molecule has 0 aliphatic carbocycles. The number of nitrogens with zero attached hydrogens (tertiary/aromatic N) is 3. The van der Waals surface area contributed by atoms with Crippen molar-refractivity contribution in [2.24, 2.45) is 0 Å². The molecule has 3 heterocycles. The maximum atomic E-state index is 13.6. The molecule has 31 heavy (non-hydrogen) atoms. The lowest BCUT2D eigenvalue weighted by atomic mass is 9.95. The molecule has 0 N–H and O–H groups in total. The van der Waals surface area contributed by atoms with Gasteiger partial charge in [-0.1, -0.05) is 24.3 Å². The molecule has 0 radical (unpaired) electrons. The summed E-state index contributed by atoms with van der Waals surface area (Å²) in [5.74, 6) is -0.111. The van der Waals surface area contributed by atoms with Gasteiger partial charge in [-0.25, -0.2) is 0 Å².